The molecule has 1 unspecified atom stereocenters. The lowest BCUT2D eigenvalue weighted by Crippen LogP contribution is -2.46. The van der Waals surface area contributed by atoms with E-state index in [4.69, 9.17) is 8.53 Å². The van der Waals surface area contributed by atoms with E-state index >= 15 is 0 Å². The predicted molar refractivity (Wildman–Crippen MR) is 271 cm³/mol. The minimum absolute atomic E-state index is 0.0746. The number of carbonyl (C=O) groups is 2. The van der Waals surface area contributed by atoms with Gasteiger partial charge in [0.1, 0.15) is 29.3 Å². The predicted octanol–water partition coefficient (Wildman–Crippen LogP) is 7.85. The first-order valence-electron chi connectivity index (χ1n) is 22.3. The number of amides is 2. The molecule has 1 aromatic heterocycles. The molecular weight excluding hydrogens is 951 g/mol. The third-order valence-electron chi connectivity index (χ3n) is 11.9. The fraction of sp³-hybridized carbons (Fsp3) is 0.457. The van der Waals surface area contributed by atoms with E-state index in [1.165, 1.54) is 40.6 Å². The van der Waals surface area contributed by atoms with E-state index in [1.54, 1.807) is 12.4 Å². The Kier molecular flexibility index (Phi) is 16.5. The Balaban J connectivity index is 1.18. The third-order valence-corrected chi connectivity index (χ3v) is 25.2. The van der Waals surface area contributed by atoms with Crippen LogP contribution in [0.1, 0.15) is 46.1 Å². The highest BCUT2D eigenvalue weighted by Crippen LogP contribution is 2.43. The van der Waals surface area contributed by atoms with Gasteiger partial charge in [0.05, 0.1) is 22.0 Å². The summed E-state index contributed by atoms with van der Waals surface area (Å²) in [5.74, 6) is -0.0327. The molecule has 0 saturated carbocycles. The number of aryl methyl sites for hydroxylation is 1. The van der Waals surface area contributed by atoms with Gasteiger partial charge in [0.25, 0.3) is 10.1 Å². The number of fused-ring (bicyclic) bond motifs is 2. The molecule has 0 bridgehead atoms. The van der Waals surface area contributed by atoms with Crippen molar-refractivity contribution in [3.8, 4) is 22.5 Å². The second-order valence-electron chi connectivity index (χ2n) is 17.6. The first-order valence-corrected chi connectivity index (χ1v) is 33.9. The number of aromatic nitrogens is 2. The molecule has 0 spiro atoms. The maximum Gasteiger partial charge on any atom is 0.295 e. The molecule has 2 amide bonds. The lowest BCUT2D eigenvalue weighted by Gasteiger charge is -2.34. The van der Waals surface area contributed by atoms with E-state index in [2.05, 4.69) is 73.3 Å². The van der Waals surface area contributed by atoms with Gasteiger partial charge in [-0.25, -0.2) is 23.0 Å². The number of benzene rings is 3. The zero-order valence-corrected chi connectivity index (χ0v) is 44.6. The number of likely N-dealkylation sites (tertiary alicyclic amines) is 1. The summed E-state index contributed by atoms with van der Waals surface area (Å²) < 4.78 is 80.4. The molecule has 0 radical (unpaired) electrons. The molecule has 1 aliphatic carbocycles. The van der Waals surface area contributed by atoms with E-state index < -0.39 is 41.5 Å². The number of sulfone groups is 1. The van der Waals surface area contributed by atoms with Crippen molar-refractivity contribution < 1.29 is 39.5 Å². The molecule has 1 fully saturated rings. The number of rotatable bonds is 21. The molecule has 3 heterocycles. The molecule has 6 rings (SSSR count). The Hall–Kier alpha value is -3.90. The first-order chi connectivity index (χ1) is 31.1. The Morgan fingerprint density at radius 1 is 0.909 bits per heavy atom. The van der Waals surface area contributed by atoms with Gasteiger partial charge >= 0.3 is 0 Å². The van der Waals surface area contributed by atoms with Crippen molar-refractivity contribution >= 4 is 88.6 Å². The maximum absolute atomic E-state index is 13.9. The van der Waals surface area contributed by atoms with E-state index in [-0.39, 0.29) is 46.1 Å². The summed E-state index contributed by atoms with van der Waals surface area (Å²) in [5.41, 5.74) is 3.28. The second kappa shape index (κ2) is 21.2. The average molecular weight is 1010 g/mol. The van der Waals surface area contributed by atoms with Crippen molar-refractivity contribution in [1.82, 2.24) is 19.4 Å². The lowest BCUT2D eigenvalue weighted by molar-refractivity contribution is -0.138. The van der Waals surface area contributed by atoms with Crippen molar-refractivity contribution in [1.29, 1.82) is 0 Å². The van der Waals surface area contributed by atoms with Crippen LogP contribution in [0, 0.1) is 0 Å². The van der Waals surface area contributed by atoms with Crippen LogP contribution in [0.4, 0.5) is 5.69 Å². The van der Waals surface area contributed by atoms with Gasteiger partial charge in [-0.1, -0.05) is 17.8 Å². The van der Waals surface area contributed by atoms with Gasteiger partial charge in [-0.05, 0) is 115 Å². The van der Waals surface area contributed by atoms with Crippen LogP contribution in [0.2, 0.25) is 32.2 Å². The standard InChI is InChI=1S/C46H61N5O9S4Si2/c1-10-49(11-2)33-15-18-36-39(25-33)59-40-26-34(50(12-3)13-4)16-19-37(40)44(36)38-20-17-35(27-42(38)64(56,57)58)63(54,55)23-21-32-29-47-46(48-30-32)62-31-66(8,9)60-65(6,7)24-14-22-51-43(52)28-41(61-5)45(51)53/h15-20,25-27,29-30,41H,10-14,21-24,28,31H2,1-9H3/p+1. The number of imide groups is 1. The summed E-state index contributed by atoms with van der Waals surface area (Å²) in [7, 11) is -13.3. The molecule has 3 aliphatic rings. The molecule has 20 heteroatoms. The highest BCUT2D eigenvalue weighted by atomic mass is 32.2. The lowest BCUT2D eigenvalue weighted by atomic mass is 9.93. The van der Waals surface area contributed by atoms with Gasteiger partial charge in [0, 0.05) is 83.7 Å². The van der Waals surface area contributed by atoms with Gasteiger partial charge in [-0.2, -0.15) is 20.2 Å². The largest absolute Gasteiger partial charge is 0.456 e. The van der Waals surface area contributed by atoms with Crippen molar-refractivity contribution in [2.24, 2.45) is 0 Å². The van der Waals surface area contributed by atoms with Crippen LogP contribution in [0.15, 0.2) is 86.4 Å². The summed E-state index contributed by atoms with van der Waals surface area (Å²) >= 11 is 2.90. The Labute approximate surface area is 399 Å². The smallest absolute Gasteiger partial charge is 0.295 e. The number of hydrogen-bond donors (Lipinski definition) is 1. The van der Waals surface area contributed by atoms with Crippen molar-refractivity contribution in [2.45, 2.75) is 99.4 Å². The molecule has 1 atom stereocenters. The topological polar surface area (TPSA) is 180 Å². The van der Waals surface area contributed by atoms with E-state index in [0.29, 0.717) is 56.9 Å². The fourth-order valence-electron chi connectivity index (χ4n) is 8.56. The molecule has 66 heavy (non-hydrogen) atoms. The minimum atomic E-state index is -4.94. The maximum atomic E-state index is 13.9. The second-order valence-corrected chi connectivity index (χ2v) is 32.3. The van der Waals surface area contributed by atoms with Crippen LogP contribution in [-0.4, -0.2) is 120 Å². The Morgan fingerprint density at radius 2 is 1.59 bits per heavy atom. The van der Waals surface area contributed by atoms with E-state index in [9.17, 15) is 31.0 Å². The third kappa shape index (κ3) is 12.0. The minimum Gasteiger partial charge on any atom is -0.456 e. The number of thioether (sulfide) groups is 2. The number of carbonyl (C=O) groups excluding carboxylic acids is 2. The van der Waals surface area contributed by atoms with Gasteiger partial charge in [-0.3, -0.25) is 19.0 Å². The summed E-state index contributed by atoms with van der Waals surface area (Å²) in [5, 5.41) is 2.49. The highest BCUT2D eigenvalue weighted by molar-refractivity contribution is 8.00. The zero-order valence-electron chi connectivity index (χ0n) is 39.3. The van der Waals surface area contributed by atoms with Crippen molar-refractivity contribution in [3.63, 3.8) is 0 Å². The van der Waals surface area contributed by atoms with Crippen LogP contribution in [0.3, 0.4) is 0 Å². The molecule has 1 N–H and O–H groups in total. The van der Waals surface area contributed by atoms with Gasteiger partial charge < -0.3 is 13.4 Å². The van der Waals surface area contributed by atoms with Crippen LogP contribution in [-0.2, 0) is 40.1 Å². The first kappa shape index (κ1) is 51.5. The fourth-order valence-corrected chi connectivity index (χ4v) is 21.6. The summed E-state index contributed by atoms with van der Waals surface area (Å²) in [6, 6.07) is 16.2. The normalized spacial score (nSPS) is 15.1. The zero-order chi connectivity index (χ0) is 48.2. The molecule has 2 aromatic carbocycles. The van der Waals surface area contributed by atoms with Crippen LogP contribution >= 0.6 is 23.5 Å². The van der Waals surface area contributed by atoms with Crippen LogP contribution in [0.25, 0.3) is 33.4 Å². The monoisotopic (exact) mass is 1010 g/mol. The SMILES string of the molecule is CCN(CC)c1ccc2c(-c3ccc(S(=O)(=O)CCc4cnc(SC[Si](C)(C)O[Si](C)(C)CCCN5C(=O)CC(SC)C5=O)nc4)cc3S(=O)(=O)O)c3ccc(=[N+](CC)CC)cc-3oc2c1. The summed E-state index contributed by atoms with van der Waals surface area (Å²) in [4.78, 5) is 36.7. The molecule has 1 saturated heterocycles. The Morgan fingerprint density at radius 3 is 2.21 bits per heavy atom. The van der Waals surface area contributed by atoms with Crippen molar-refractivity contribution in [3.05, 3.63) is 77.9 Å². The average Bonchev–Trinajstić information content (AvgIpc) is 3.55. The number of nitrogens with zero attached hydrogens (tertiary/aromatic N) is 5. The van der Waals surface area contributed by atoms with Crippen molar-refractivity contribution in [2.75, 3.05) is 55.0 Å². The van der Waals surface area contributed by atoms with E-state index in [1.807, 2.05) is 42.7 Å². The van der Waals surface area contributed by atoms with E-state index in [0.717, 1.165) is 49.3 Å². The van der Waals surface area contributed by atoms with Gasteiger partial charge in [0.15, 0.2) is 31.6 Å². The van der Waals surface area contributed by atoms with Gasteiger partial charge in [-0.15, -0.1) is 0 Å². The summed E-state index contributed by atoms with van der Waals surface area (Å²) in [6.45, 7) is 20.4. The Bertz CT molecular complexity index is 2850. The highest BCUT2D eigenvalue weighted by Gasteiger charge is 2.39. The molecule has 3 aromatic rings. The number of anilines is 1. The quantitative estimate of drug-likeness (QED) is 0.0143. The molecular formula is C46H62N5O9S4Si2+. The molecule has 2 aliphatic heterocycles. The van der Waals surface area contributed by atoms with Gasteiger partial charge in [0.2, 0.25) is 17.2 Å². The van der Waals surface area contributed by atoms with Crippen LogP contribution < -0.4 is 14.8 Å². The molecule has 356 valence electrons. The molecule has 14 nitrogen and oxygen atoms in total. The summed E-state index contributed by atoms with van der Waals surface area (Å²) in [6.07, 6.45) is 6.10. The number of hydrogen-bond acceptors (Lipinski definition) is 13. The van der Waals surface area contributed by atoms with Crippen LogP contribution in [0.5, 0.6) is 0 Å².